The summed E-state index contributed by atoms with van der Waals surface area (Å²) in [5.41, 5.74) is 1.15. The SMILES string of the molecule is CNC(c1ccc2c(c1)OCO2)C(C)(C)NC. The summed E-state index contributed by atoms with van der Waals surface area (Å²) in [5, 5.41) is 6.67. The lowest BCUT2D eigenvalue weighted by atomic mass is 9.88. The van der Waals surface area contributed by atoms with E-state index < -0.39 is 0 Å². The van der Waals surface area contributed by atoms with E-state index in [4.69, 9.17) is 9.47 Å². The zero-order chi connectivity index (χ0) is 12.5. The van der Waals surface area contributed by atoms with Gasteiger partial charge in [0.05, 0.1) is 0 Å². The van der Waals surface area contributed by atoms with Crippen molar-refractivity contribution < 1.29 is 9.47 Å². The number of hydrogen-bond acceptors (Lipinski definition) is 4. The maximum absolute atomic E-state index is 5.41. The standard InChI is InChI=1S/C13H20N2O2/c1-13(2,15-4)12(14-3)9-5-6-10-11(7-9)17-8-16-10/h5-7,12,14-15H,8H2,1-4H3. The largest absolute Gasteiger partial charge is 0.454 e. The molecular weight excluding hydrogens is 216 g/mol. The third kappa shape index (κ3) is 2.23. The van der Waals surface area contributed by atoms with Crippen molar-refractivity contribution in [3.8, 4) is 11.5 Å². The predicted molar refractivity (Wildman–Crippen MR) is 67.5 cm³/mol. The highest BCUT2D eigenvalue weighted by Crippen LogP contribution is 2.36. The molecule has 0 amide bonds. The van der Waals surface area contributed by atoms with Gasteiger partial charge in [-0.2, -0.15) is 0 Å². The highest BCUT2D eigenvalue weighted by atomic mass is 16.7. The van der Waals surface area contributed by atoms with Crippen molar-refractivity contribution in [3.05, 3.63) is 23.8 Å². The van der Waals surface area contributed by atoms with E-state index in [-0.39, 0.29) is 11.6 Å². The Balaban J connectivity index is 2.32. The second-order valence-electron chi connectivity index (χ2n) is 4.81. The molecule has 0 radical (unpaired) electrons. The molecule has 4 nitrogen and oxygen atoms in total. The summed E-state index contributed by atoms with van der Waals surface area (Å²) < 4.78 is 10.7. The number of benzene rings is 1. The van der Waals surface area contributed by atoms with Crippen LogP contribution < -0.4 is 20.1 Å². The molecule has 0 spiro atoms. The number of fused-ring (bicyclic) bond motifs is 1. The Morgan fingerprint density at radius 3 is 2.53 bits per heavy atom. The van der Waals surface area contributed by atoms with Crippen LogP contribution >= 0.6 is 0 Å². The molecule has 1 aromatic carbocycles. The molecule has 0 saturated carbocycles. The summed E-state index contributed by atoms with van der Waals surface area (Å²) in [4.78, 5) is 0. The zero-order valence-electron chi connectivity index (χ0n) is 10.8. The van der Waals surface area contributed by atoms with E-state index in [1.165, 1.54) is 5.56 Å². The Morgan fingerprint density at radius 1 is 1.18 bits per heavy atom. The van der Waals surface area contributed by atoms with Gasteiger partial charge in [0, 0.05) is 11.6 Å². The lowest BCUT2D eigenvalue weighted by Gasteiger charge is -2.34. The molecule has 2 rings (SSSR count). The van der Waals surface area contributed by atoms with Crippen molar-refractivity contribution in [3.63, 3.8) is 0 Å². The molecule has 0 saturated heterocycles. The molecule has 1 heterocycles. The number of hydrogen-bond donors (Lipinski definition) is 2. The van der Waals surface area contributed by atoms with E-state index in [9.17, 15) is 0 Å². The van der Waals surface area contributed by atoms with Crippen LogP contribution in [0.5, 0.6) is 11.5 Å². The predicted octanol–water partition coefficient (Wildman–Crippen LogP) is 1.67. The van der Waals surface area contributed by atoms with Gasteiger partial charge >= 0.3 is 0 Å². The Morgan fingerprint density at radius 2 is 1.88 bits per heavy atom. The van der Waals surface area contributed by atoms with Crippen molar-refractivity contribution in [2.24, 2.45) is 0 Å². The maximum Gasteiger partial charge on any atom is 0.231 e. The summed E-state index contributed by atoms with van der Waals surface area (Å²) >= 11 is 0. The van der Waals surface area contributed by atoms with Crippen LogP contribution in [0.15, 0.2) is 18.2 Å². The lowest BCUT2D eigenvalue weighted by molar-refractivity contribution is 0.174. The van der Waals surface area contributed by atoms with E-state index in [2.05, 4.69) is 30.5 Å². The van der Waals surface area contributed by atoms with E-state index in [0.717, 1.165) is 11.5 Å². The Kier molecular flexibility index (Phi) is 3.26. The van der Waals surface area contributed by atoms with Gasteiger partial charge in [-0.1, -0.05) is 6.07 Å². The minimum atomic E-state index is -0.0392. The Bertz CT molecular complexity index is 404. The highest BCUT2D eigenvalue weighted by Gasteiger charge is 2.29. The maximum atomic E-state index is 5.41. The lowest BCUT2D eigenvalue weighted by Crippen LogP contribution is -2.47. The number of ether oxygens (including phenoxy) is 2. The summed E-state index contributed by atoms with van der Waals surface area (Å²) in [6.45, 7) is 4.65. The molecule has 1 aliphatic heterocycles. The molecule has 0 aliphatic carbocycles. The van der Waals surface area contributed by atoms with Gasteiger partial charge in [0.2, 0.25) is 6.79 Å². The molecule has 17 heavy (non-hydrogen) atoms. The van der Waals surface area contributed by atoms with Crippen molar-refractivity contribution in [2.75, 3.05) is 20.9 Å². The van der Waals surface area contributed by atoms with Crippen LogP contribution in [-0.2, 0) is 0 Å². The molecule has 1 aromatic rings. The van der Waals surface area contributed by atoms with E-state index in [0.29, 0.717) is 6.79 Å². The number of rotatable bonds is 4. The molecule has 0 aromatic heterocycles. The third-order valence-corrected chi connectivity index (χ3v) is 3.38. The topological polar surface area (TPSA) is 42.5 Å². The van der Waals surface area contributed by atoms with Gasteiger partial charge in [0.15, 0.2) is 11.5 Å². The van der Waals surface area contributed by atoms with Gasteiger partial charge in [-0.3, -0.25) is 0 Å². The molecule has 1 aliphatic rings. The first-order valence-corrected chi connectivity index (χ1v) is 5.84. The number of likely N-dealkylation sites (N-methyl/N-ethyl adjacent to an activating group) is 2. The van der Waals surface area contributed by atoms with Crippen molar-refractivity contribution >= 4 is 0 Å². The van der Waals surface area contributed by atoms with Crippen LogP contribution in [0.25, 0.3) is 0 Å². The van der Waals surface area contributed by atoms with Crippen molar-refractivity contribution in [2.45, 2.75) is 25.4 Å². The third-order valence-electron chi connectivity index (χ3n) is 3.38. The normalized spacial score (nSPS) is 16.0. The average molecular weight is 236 g/mol. The molecule has 2 N–H and O–H groups in total. The van der Waals surface area contributed by atoms with Gasteiger partial charge < -0.3 is 20.1 Å². The monoisotopic (exact) mass is 236 g/mol. The van der Waals surface area contributed by atoms with Crippen LogP contribution in [0.3, 0.4) is 0 Å². The first-order valence-electron chi connectivity index (χ1n) is 5.84. The molecular formula is C13H20N2O2. The van der Waals surface area contributed by atoms with Gasteiger partial charge in [-0.15, -0.1) is 0 Å². The van der Waals surface area contributed by atoms with Crippen LogP contribution in [0.4, 0.5) is 0 Å². The Labute approximate surface area is 102 Å². The van der Waals surface area contributed by atoms with Crippen LogP contribution in [0.1, 0.15) is 25.5 Å². The summed E-state index contributed by atoms with van der Waals surface area (Å²) in [5.74, 6) is 1.65. The fourth-order valence-electron chi connectivity index (χ4n) is 2.18. The first-order chi connectivity index (χ1) is 8.08. The summed E-state index contributed by atoms with van der Waals surface area (Å²) in [6, 6.07) is 6.30. The van der Waals surface area contributed by atoms with E-state index in [1.807, 2.05) is 26.2 Å². The molecule has 0 fully saturated rings. The second kappa shape index (κ2) is 4.55. The van der Waals surface area contributed by atoms with Crippen molar-refractivity contribution in [1.82, 2.24) is 10.6 Å². The van der Waals surface area contributed by atoms with Crippen LogP contribution in [-0.4, -0.2) is 26.4 Å². The quantitative estimate of drug-likeness (QED) is 0.834. The minimum Gasteiger partial charge on any atom is -0.454 e. The molecule has 4 heteroatoms. The Hall–Kier alpha value is -1.26. The second-order valence-corrected chi connectivity index (χ2v) is 4.81. The molecule has 94 valence electrons. The van der Waals surface area contributed by atoms with Crippen LogP contribution in [0.2, 0.25) is 0 Å². The molecule has 1 atom stereocenters. The van der Waals surface area contributed by atoms with Gasteiger partial charge in [-0.25, -0.2) is 0 Å². The van der Waals surface area contributed by atoms with Crippen LogP contribution in [0, 0.1) is 0 Å². The first kappa shape index (κ1) is 12.2. The molecule has 0 bridgehead atoms. The zero-order valence-corrected chi connectivity index (χ0v) is 10.8. The average Bonchev–Trinajstić information content (AvgIpc) is 2.77. The number of nitrogens with one attached hydrogen (secondary N) is 2. The van der Waals surface area contributed by atoms with E-state index in [1.54, 1.807) is 0 Å². The van der Waals surface area contributed by atoms with Crippen molar-refractivity contribution in [1.29, 1.82) is 0 Å². The van der Waals surface area contributed by atoms with E-state index >= 15 is 0 Å². The minimum absolute atomic E-state index is 0.0392. The molecule has 1 unspecified atom stereocenters. The fraction of sp³-hybridized carbons (Fsp3) is 0.538. The van der Waals surface area contributed by atoms with Gasteiger partial charge in [0.25, 0.3) is 0 Å². The summed E-state index contributed by atoms with van der Waals surface area (Å²) in [7, 11) is 3.94. The highest BCUT2D eigenvalue weighted by molar-refractivity contribution is 5.45. The van der Waals surface area contributed by atoms with Gasteiger partial charge in [0.1, 0.15) is 0 Å². The fourth-order valence-corrected chi connectivity index (χ4v) is 2.18. The van der Waals surface area contributed by atoms with Gasteiger partial charge in [-0.05, 0) is 45.6 Å². The smallest absolute Gasteiger partial charge is 0.231 e. The summed E-state index contributed by atoms with van der Waals surface area (Å²) in [6.07, 6.45) is 0.